The van der Waals surface area contributed by atoms with Gasteiger partial charge < -0.3 is 19.8 Å². The van der Waals surface area contributed by atoms with Crippen LogP contribution in [-0.2, 0) is 14.4 Å². The Kier molecular flexibility index (Phi) is 7.13. The molecule has 3 saturated heterocycles. The first-order valence-electron chi connectivity index (χ1n) is 13.2. The molecule has 3 aliphatic rings. The average molecular weight is 534 g/mol. The van der Waals surface area contributed by atoms with Crippen LogP contribution >= 0.6 is 11.8 Å². The molecule has 1 N–H and O–H groups in total. The number of likely N-dealkylation sites (N-methyl/N-ethyl adjacent to an activating group) is 1. The van der Waals surface area contributed by atoms with Gasteiger partial charge >= 0.3 is 0 Å². The number of amides is 3. The maximum absolute atomic E-state index is 14.6. The van der Waals surface area contributed by atoms with Crippen LogP contribution in [0, 0.1) is 17.8 Å². The zero-order chi connectivity index (χ0) is 27.2. The van der Waals surface area contributed by atoms with E-state index < -0.39 is 22.6 Å². The molecule has 8 heteroatoms. The number of likely N-dealkylation sites (tertiary alicyclic amines) is 1. The van der Waals surface area contributed by atoms with Crippen LogP contribution in [0.2, 0.25) is 0 Å². The second-order valence-corrected chi connectivity index (χ2v) is 12.1. The van der Waals surface area contributed by atoms with Crippen molar-refractivity contribution in [1.29, 1.82) is 0 Å². The van der Waals surface area contributed by atoms with E-state index in [0.29, 0.717) is 6.54 Å². The van der Waals surface area contributed by atoms with Crippen LogP contribution in [0.4, 0.5) is 5.69 Å². The van der Waals surface area contributed by atoms with Crippen molar-refractivity contribution in [2.45, 2.75) is 29.4 Å². The maximum Gasteiger partial charge on any atom is 0.251 e. The van der Waals surface area contributed by atoms with E-state index >= 15 is 0 Å². The van der Waals surface area contributed by atoms with Gasteiger partial charge in [0.05, 0.1) is 23.2 Å². The number of hydrogen-bond donors (Lipinski definition) is 1. The number of nitrogens with zero attached hydrogens (tertiary/aromatic N) is 3. The molecular formula is C30H35N3O4S. The lowest BCUT2D eigenvalue weighted by Gasteiger charge is -2.40. The molecule has 0 radical (unpaired) electrons. The Hall–Kier alpha value is -3.10. The highest BCUT2D eigenvalue weighted by Gasteiger charge is 2.76. The van der Waals surface area contributed by atoms with Gasteiger partial charge in [-0.25, -0.2) is 0 Å². The van der Waals surface area contributed by atoms with Gasteiger partial charge in [-0.05, 0) is 35.2 Å². The van der Waals surface area contributed by atoms with Gasteiger partial charge in [-0.1, -0.05) is 49.4 Å². The largest absolute Gasteiger partial charge is 0.395 e. The fourth-order valence-electron chi connectivity index (χ4n) is 6.91. The number of aliphatic hydroxyl groups is 1. The number of β-amino-alcohol motifs (C(OH)–C–C–N with tert-alkyl or cyclic N) is 1. The Morgan fingerprint density at radius 1 is 1.13 bits per heavy atom. The van der Waals surface area contributed by atoms with Crippen LogP contribution in [0.15, 0.2) is 67.8 Å². The summed E-state index contributed by atoms with van der Waals surface area (Å²) in [5.41, 5.74) is 0.730. The number of carbonyl (C=O) groups is 3. The fourth-order valence-corrected chi connectivity index (χ4v) is 9.32. The van der Waals surface area contributed by atoms with Crippen molar-refractivity contribution in [3.8, 4) is 0 Å². The molecule has 200 valence electrons. The van der Waals surface area contributed by atoms with E-state index in [1.54, 1.807) is 45.7 Å². The van der Waals surface area contributed by atoms with Gasteiger partial charge in [0.2, 0.25) is 11.8 Å². The smallest absolute Gasteiger partial charge is 0.251 e. The molecule has 3 aliphatic heterocycles. The Morgan fingerprint density at radius 2 is 1.84 bits per heavy atom. The molecule has 3 amide bonds. The minimum absolute atomic E-state index is 0.0289. The number of thioether (sulfide) groups is 1. The molecule has 0 saturated carbocycles. The van der Waals surface area contributed by atoms with Gasteiger partial charge in [-0.3, -0.25) is 14.4 Å². The number of benzene rings is 2. The van der Waals surface area contributed by atoms with E-state index in [4.69, 9.17) is 0 Å². The van der Waals surface area contributed by atoms with Gasteiger partial charge in [0.25, 0.3) is 5.91 Å². The van der Waals surface area contributed by atoms with Crippen LogP contribution in [-0.4, -0.2) is 82.0 Å². The number of carbonyl (C=O) groups excluding carboxylic acids is 3. The number of rotatable bonds is 9. The number of fused-ring (bicyclic) bond motifs is 2. The lowest BCUT2D eigenvalue weighted by molar-refractivity contribution is -0.143. The molecule has 0 aliphatic carbocycles. The van der Waals surface area contributed by atoms with Crippen molar-refractivity contribution in [2.75, 3.05) is 38.2 Å². The van der Waals surface area contributed by atoms with Crippen LogP contribution in [0.5, 0.6) is 0 Å². The second-order valence-electron chi connectivity index (χ2n) is 10.6. The summed E-state index contributed by atoms with van der Waals surface area (Å²) in [4.78, 5) is 47.0. The van der Waals surface area contributed by atoms with Crippen molar-refractivity contribution in [3.05, 3.63) is 67.8 Å². The van der Waals surface area contributed by atoms with Crippen molar-refractivity contribution < 1.29 is 19.5 Å². The topological polar surface area (TPSA) is 81.2 Å². The molecule has 5 rings (SSSR count). The van der Waals surface area contributed by atoms with Crippen LogP contribution < -0.4 is 4.90 Å². The summed E-state index contributed by atoms with van der Waals surface area (Å²) in [6.07, 6.45) is 4.13. The Morgan fingerprint density at radius 3 is 2.53 bits per heavy atom. The van der Waals surface area contributed by atoms with Gasteiger partial charge in [0.15, 0.2) is 0 Å². The molecule has 3 unspecified atom stereocenters. The zero-order valence-corrected chi connectivity index (χ0v) is 22.8. The summed E-state index contributed by atoms with van der Waals surface area (Å²) in [5.74, 6) is -1.53. The molecule has 0 aromatic heterocycles. The van der Waals surface area contributed by atoms with E-state index in [-0.39, 0.29) is 48.6 Å². The summed E-state index contributed by atoms with van der Waals surface area (Å²) in [6.45, 7) is 10.2. The summed E-state index contributed by atoms with van der Waals surface area (Å²) in [6, 6.07) is 13.1. The third-order valence-electron chi connectivity index (χ3n) is 8.51. The van der Waals surface area contributed by atoms with E-state index in [0.717, 1.165) is 22.9 Å². The maximum atomic E-state index is 14.6. The van der Waals surface area contributed by atoms with Crippen LogP contribution in [0.25, 0.3) is 10.8 Å². The Balaban J connectivity index is 1.58. The van der Waals surface area contributed by atoms with Crippen molar-refractivity contribution in [3.63, 3.8) is 0 Å². The Bertz CT molecular complexity index is 1300. The number of anilines is 1. The molecule has 6 atom stereocenters. The first kappa shape index (κ1) is 26.5. The second kappa shape index (κ2) is 10.2. The van der Waals surface area contributed by atoms with Gasteiger partial charge in [-0.2, -0.15) is 0 Å². The van der Waals surface area contributed by atoms with Crippen molar-refractivity contribution >= 4 is 45.9 Å². The molecule has 1 spiro atoms. The van der Waals surface area contributed by atoms with Crippen LogP contribution in [0.1, 0.15) is 13.3 Å². The summed E-state index contributed by atoms with van der Waals surface area (Å²) in [5, 5.41) is 12.0. The molecule has 2 aromatic rings. The van der Waals surface area contributed by atoms with Gasteiger partial charge in [0, 0.05) is 37.6 Å². The minimum Gasteiger partial charge on any atom is -0.395 e. The first-order valence-corrected chi connectivity index (χ1v) is 14.0. The highest BCUT2D eigenvalue weighted by atomic mass is 32.2. The van der Waals surface area contributed by atoms with Crippen LogP contribution in [0.3, 0.4) is 0 Å². The molecule has 2 bridgehead atoms. The number of aliphatic hydroxyl groups excluding tert-OH is 1. The van der Waals surface area contributed by atoms with Crippen molar-refractivity contribution in [1.82, 2.24) is 9.80 Å². The highest BCUT2D eigenvalue weighted by Crippen LogP contribution is 2.68. The predicted octanol–water partition coefficient (Wildman–Crippen LogP) is 3.33. The normalized spacial score (nSPS) is 29.4. The van der Waals surface area contributed by atoms with Gasteiger partial charge in [0.1, 0.15) is 6.04 Å². The lowest BCUT2D eigenvalue weighted by Crippen LogP contribution is -2.57. The summed E-state index contributed by atoms with van der Waals surface area (Å²) < 4.78 is -0.736. The third kappa shape index (κ3) is 3.88. The molecule has 2 aromatic carbocycles. The average Bonchev–Trinajstić information content (AvgIpc) is 3.50. The quantitative estimate of drug-likeness (QED) is 0.500. The zero-order valence-electron chi connectivity index (χ0n) is 22.0. The van der Waals surface area contributed by atoms with E-state index in [1.807, 2.05) is 42.5 Å². The SMILES string of the molecule is C=CCN(C)C(=O)[C@@H]1[C@@H]2CC(C)C3(S2)C(C(=O)N(CC=C)c2ccc4ccccc4c2)N(CCO)C(=O)[C@H]13. The lowest BCUT2D eigenvalue weighted by atomic mass is 9.65. The summed E-state index contributed by atoms with van der Waals surface area (Å²) >= 11 is 1.64. The first-order chi connectivity index (χ1) is 18.3. The third-order valence-corrected chi connectivity index (χ3v) is 10.6. The van der Waals surface area contributed by atoms with E-state index in [9.17, 15) is 19.5 Å². The molecular weight excluding hydrogens is 498 g/mol. The highest BCUT2D eigenvalue weighted by molar-refractivity contribution is 8.02. The minimum atomic E-state index is -0.786. The molecule has 3 heterocycles. The van der Waals surface area contributed by atoms with Crippen molar-refractivity contribution in [2.24, 2.45) is 17.8 Å². The van der Waals surface area contributed by atoms with Gasteiger partial charge in [-0.15, -0.1) is 24.9 Å². The summed E-state index contributed by atoms with van der Waals surface area (Å²) in [7, 11) is 1.73. The molecule has 7 nitrogen and oxygen atoms in total. The monoisotopic (exact) mass is 533 g/mol. The molecule has 38 heavy (non-hydrogen) atoms. The fraction of sp³-hybridized carbons (Fsp3) is 0.433. The molecule has 3 fully saturated rings. The number of hydrogen-bond acceptors (Lipinski definition) is 5. The standard InChI is InChI=1S/C30H35N3O4S/c1-5-13-31(4)27(35)24-23-17-19(3)30(38-23)25(24)28(36)33(15-16-34)26(30)29(37)32(14-6-2)22-12-11-20-9-7-8-10-21(20)18-22/h5-12,18-19,23-26,34H,1-2,13-17H2,3-4H3/t19?,23-,24+,25-,26?,30?/m0/s1. The van der Waals surface area contributed by atoms with E-state index in [2.05, 4.69) is 20.1 Å². The van der Waals surface area contributed by atoms with E-state index in [1.165, 1.54) is 0 Å². The Labute approximate surface area is 228 Å². The predicted molar refractivity (Wildman–Crippen MR) is 152 cm³/mol.